The highest BCUT2D eigenvalue weighted by Gasteiger charge is 2.31. The first kappa shape index (κ1) is 18.5. The van der Waals surface area contributed by atoms with E-state index in [1.165, 1.54) is 0 Å². The van der Waals surface area contributed by atoms with E-state index in [9.17, 15) is 9.59 Å². The largest absolute Gasteiger partial charge is 0.486 e. The van der Waals surface area contributed by atoms with E-state index in [2.05, 4.69) is 5.32 Å². The molecule has 1 aromatic carbocycles. The number of nitrogens with one attached hydrogen (secondary N) is 1. The molecule has 2 heterocycles. The molecule has 2 amide bonds. The van der Waals surface area contributed by atoms with Crippen molar-refractivity contribution in [2.24, 2.45) is 11.7 Å². The van der Waals surface area contributed by atoms with Crippen molar-refractivity contribution in [3.05, 3.63) is 23.8 Å². The highest BCUT2D eigenvalue weighted by molar-refractivity contribution is 5.87. The lowest BCUT2D eigenvalue weighted by molar-refractivity contribution is -0.134. The summed E-state index contributed by atoms with van der Waals surface area (Å²) in [4.78, 5) is 26.4. The first-order chi connectivity index (χ1) is 12.5. The second-order valence-electron chi connectivity index (χ2n) is 7.14. The Morgan fingerprint density at radius 1 is 1.27 bits per heavy atom. The molecule has 1 aromatic rings. The van der Waals surface area contributed by atoms with Gasteiger partial charge < -0.3 is 25.4 Å². The standard InChI is InChI=1S/C19H27N3O4/c1-12(2)18(20)19(24)21-11-17(23)22-7-3-4-14(22)13-5-6-15-16(10-13)26-9-8-25-15/h5-6,10,12,14,18H,3-4,7-9,11,20H2,1-2H3,(H,21,24)/t14?,18-/m0/s1. The molecular weight excluding hydrogens is 334 g/mol. The fourth-order valence-corrected chi connectivity index (χ4v) is 3.36. The lowest BCUT2D eigenvalue weighted by Crippen LogP contribution is -2.47. The summed E-state index contributed by atoms with van der Waals surface area (Å²) < 4.78 is 11.2. The smallest absolute Gasteiger partial charge is 0.242 e. The Morgan fingerprint density at radius 3 is 2.73 bits per heavy atom. The average Bonchev–Trinajstić information content (AvgIpc) is 3.14. The zero-order chi connectivity index (χ0) is 18.7. The number of nitrogens with zero attached hydrogens (tertiary/aromatic N) is 1. The number of likely N-dealkylation sites (tertiary alicyclic amines) is 1. The molecule has 0 spiro atoms. The molecule has 0 aliphatic carbocycles. The van der Waals surface area contributed by atoms with Crippen molar-refractivity contribution in [3.8, 4) is 11.5 Å². The number of ether oxygens (including phenoxy) is 2. The van der Waals surface area contributed by atoms with E-state index in [0.717, 1.165) is 29.9 Å². The van der Waals surface area contributed by atoms with Crippen LogP contribution in [0.5, 0.6) is 11.5 Å². The summed E-state index contributed by atoms with van der Waals surface area (Å²) in [5.74, 6) is 1.12. The van der Waals surface area contributed by atoms with Crippen LogP contribution >= 0.6 is 0 Å². The summed E-state index contributed by atoms with van der Waals surface area (Å²) >= 11 is 0. The maximum atomic E-state index is 12.6. The van der Waals surface area contributed by atoms with Gasteiger partial charge in [0.2, 0.25) is 11.8 Å². The zero-order valence-corrected chi connectivity index (χ0v) is 15.4. The van der Waals surface area contributed by atoms with Crippen LogP contribution in [-0.2, 0) is 9.59 Å². The molecule has 0 aromatic heterocycles. The summed E-state index contributed by atoms with van der Waals surface area (Å²) in [6.07, 6.45) is 1.83. The molecule has 1 saturated heterocycles. The van der Waals surface area contributed by atoms with Gasteiger partial charge in [-0.05, 0) is 36.5 Å². The minimum Gasteiger partial charge on any atom is -0.486 e. The number of carbonyl (C=O) groups excluding carboxylic acids is 2. The van der Waals surface area contributed by atoms with Crippen LogP contribution in [0.15, 0.2) is 18.2 Å². The van der Waals surface area contributed by atoms with E-state index in [1.54, 1.807) is 0 Å². The Bertz CT molecular complexity index is 677. The highest BCUT2D eigenvalue weighted by atomic mass is 16.6. The maximum Gasteiger partial charge on any atom is 0.242 e. The van der Waals surface area contributed by atoms with Gasteiger partial charge in [-0.25, -0.2) is 0 Å². The summed E-state index contributed by atoms with van der Waals surface area (Å²) in [5, 5.41) is 2.66. The third-order valence-corrected chi connectivity index (χ3v) is 4.96. The number of hydrogen-bond acceptors (Lipinski definition) is 5. The van der Waals surface area contributed by atoms with Crippen LogP contribution in [0, 0.1) is 5.92 Å². The second kappa shape index (κ2) is 7.95. The van der Waals surface area contributed by atoms with E-state index in [-0.39, 0.29) is 30.3 Å². The SMILES string of the molecule is CC(C)[C@H](N)C(=O)NCC(=O)N1CCCC1c1ccc2c(c1)OCCO2. The molecule has 1 unspecified atom stereocenters. The molecule has 7 heteroatoms. The number of amides is 2. The van der Waals surface area contributed by atoms with Crippen LogP contribution in [-0.4, -0.2) is 49.1 Å². The maximum absolute atomic E-state index is 12.6. The number of hydrogen-bond donors (Lipinski definition) is 2. The Kier molecular flexibility index (Phi) is 5.66. The lowest BCUT2D eigenvalue weighted by atomic mass is 10.0. The summed E-state index contributed by atoms with van der Waals surface area (Å²) in [6, 6.07) is 5.23. The summed E-state index contributed by atoms with van der Waals surface area (Å²) in [6.45, 7) is 5.50. The van der Waals surface area contributed by atoms with Crippen molar-refractivity contribution in [1.29, 1.82) is 0 Å². The summed E-state index contributed by atoms with van der Waals surface area (Å²) in [7, 11) is 0. The number of nitrogens with two attached hydrogens (primary N) is 1. The van der Waals surface area contributed by atoms with Crippen molar-refractivity contribution >= 4 is 11.8 Å². The van der Waals surface area contributed by atoms with Crippen molar-refractivity contribution in [2.75, 3.05) is 26.3 Å². The molecule has 0 bridgehead atoms. The Hall–Kier alpha value is -2.28. The van der Waals surface area contributed by atoms with Crippen LogP contribution in [0.1, 0.15) is 38.3 Å². The van der Waals surface area contributed by atoms with E-state index >= 15 is 0 Å². The van der Waals surface area contributed by atoms with Crippen LogP contribution in [0.3, 0.4) is 0 Å². The van der Waals surface area contributed by atoms with Crippen LogP contribution in [0.2, 0.25) is 0 Å². The quantitative estimate of drug-likeness (QED) is 0.822. The molecule has 26 heavy (non-hydrogen) atoms. The van der Waals surface area contributed by atoms with Crippen molar-refractivity contribution in [1.82, 2.24) is 10.2 Å². The Balaban J connectivity index is 1.64. The molecule has 142 valence electrons. The average molecular weight is 361 g/mol. The predicted molar refractivity (Wildman–Crippen MR) is 96.9 cm³/mol. The molecule has 2 atom stereocenters. The van der Waals surface area contributed by atoms with Gasteiger partial charge in [0, 0.05) is 6.54 Å². The summed E-state index contributed by atoms with van der Waals surface area (Å²) in [5.41, 5.74) is 6.85. The molecule has 3 N–H and O–H groups in total. The molecule has 2 aliphatic rings. The first-order valence-electron chi connectivity index (χ1n) is 9.19. The van der Waals surface area contributed by atoms with E-state index in [4.69, 9.17) is 15.2 Å². The number of benzene rings is 1. The van der Waals surface area contributed by atoms with E-state index in [0.29, 0.717) is 19.8 Å². The molecule has 7 nitrogen and oxygen atoms in total. The fourth-order valence-electron chi connectivity index (χ4n) is 3.36. The third-order valence-electron chi connectivity index (χ3n) is 4.96. The van der Waals surface area contributed by atoms with Gasteiger partial charge in [0.25, 0.3) is 0 Å². The molecule has 0 saturated carbocycles. The van der Waals surface area contributed by atoms with Gasteiger partial charge in [-0.1, -0.05) is 19.9 Å². The minimum atomic E-state index is -0.602. The number of fused-ring (bicyclic) bond motifs is 1. The second-order valence-corrected chi connectivity index (χ2v) is 7.14. The monoisotopic (exact) mass is 361 g/mol. The Morgan fingerprint density at radius 2 is 2.00 bits per heavy atom. The number of rotatable bonds is 5. The van der Waals surface area contributed by atoms with Crippen molar-refractivity contribution in [2.45, 2.75) is 38.8 Å². The van der Waals surface area contributed by atoms with E-state index < -0.39 is 6.04 Å². The van der Waals surface area contributed by atoms with Crippen molar-refractivity contribution < 1.29 is 19.1 Å². The number of carbonyl (C=O) groups is 2. The minimum absolute atomic E-state index is 0.00555. The van der Waals surface area contributed by atoms with Crippen LogP contribution in [0.4, 0.5) is 0 Å². The van der Waals surface area contributed by atoms with Gasteiger partial charge in [0.05, 0.1) is 18.6 Å². The van der Waals surface area contributed by atoms with Crippen molar-refractivity contribution in [3.63, 3.8) is 0 Å². The lowest BCUT2D eigenvalue weighted by Gasteiger charge is -2.27. The van der Waals surface area contributed by atoms with Crippen LogP contribution < -0.4 is 20.5 Å². The molecular formula is C19H27N3O4. The van der Waals surface area contributed by atoms with Gasteiger partial charge >= 0.3 is 0 Å². The van der Waals surface area contributed by atoms with E-state index in [1.807, 2.05) is 36.9 Å². The predicted octanol–water partition coefficient (Wildman–Crippen LogP) is 1.22. The molecule has 1 fully saturated rings. The Labute approximate surface area is 153 Å². The van der Waals surface area contributed by atoms with Gasteiger partial charge in [-0.3, -0.25) is 9.59 Å². The third kappa shape index (κ3) is 3.93. The fraction of sp³-hybridized carbons (Fsp3) is 0.579. The van der Waals surface area contributed by atoms with Gasteiger partial charge in [-0.2, -0.15) is 0 Å². The molecule has 3 rings (SSSR count). The topological polar surface area (TPSA) is 93.9 Å². The highest BCUT2D eigenvalue weighted by Crippen LogP contribution is 2.38. The normalized spacial score (nSPS) is 20.2. The van der Waals surface area contributed by atoms with Gasteiger partial charge in [0.1, 0.15) is 13.2 Å². The molecule has 2 aliphatic heterocycles. The van der Waals surface area contributed by atoms with Crippen LogP contribution in [0.25, 0.3) is 0 Å². The van der Waals surface area contributed by atoms with Gasteiger partial charge in [-0.15, -0.1) is 0 Å². The van der Waals surface area contributed by atoms with Gasteiger partial charge in [0.15, 0.2) is 11.5 Å². The first-order valence-corrected chi connectivity index (χ1v) is 9.19. The molecule has 0 radical (unpaired) electrons. The zero-order valence-electron chi connectivity index (χ0n) is 15.4.